The third-order valence-corrected chi connectivity index (χ3v) is 2.63. The van der Waals surface area contributed by atoms with Crippen LogP contribution in [0.5, 0.6) is 11.5 Å². The summed E-state index contributed by atoms with van der Waals surface area (Å²) < 4.78 is 11.0. The van der Waals surface area contributed by atoms with E-state index in [4.69, 9.17) is 9.47 Å². The van der Waals surface area contributed by atoms with Crippen molar-refractivity contribution in [3.63, 3.8) is 0 Å². The lowest BCUT2D eigenvalue weighted by Crippen LogP contribution is -2.34. The average molecular weight is 244 g/mol. The van der Waals surface area contributed by atoms with Gasteiger partial charge in [-0.3, -0.25) is 0 Å². The molecule has 0 atom stereocenters. The fraction of sp³-hybridized carbons (Fsp3) is 0.500. The van der Waals surface area contributed by atoms with Gasteiger partial charge in [0.05, 0.1) is 7.11 Å². The molecule has 1 aliphatic heterocycles. The van der Waals surface area contributed by atoms with E-state index in [0.717, 1.165) is 37.4 Å². The van der Waals surface area contributed by atoms with Gasteiger partial charge >= 0.3 is 0 Å². The van der Waals surface area contributed by atoms with E-state index in [9.17, 15) is 0 Å². The maximum atomic E-state index is 5.88. The minimum absolute atomic E-state index is 0. The van der Waals surface area contributed by atoms with Crippen molar-refractivity contribution in [2.24, 2.45) is 0 Å². The third-order valence-electron chi connectivity index (χ3n) is 2.63. The topological polar surface area (TPSA) is 30.5 Å². The van der Waals surface area contributed by atoms with Crippen LogP contribution in [0.1, 0.15) is 12.8 Å². The largest absolute Gasteiger partial charge is 0.497 e. The molecule has 0 spiro atoms. The molecular weight excluding hydrogens is 226 g/mol. The van der Waals surface area contributed by atoms with Crippen molar-refractivity contribution in [3.8, 4) is 11.5 Å². The first-order valence-corrected chi connectivity index (χ1v) is 5.40. The molecule has 0 aromatic heterocycles. The van der Waals surface area contributed by atoms with Gasteiger partial charge < -0.3 is 14.8 Å². The molecule has 16 heavy (non-hydrogen) atoms. The van der Waals surface area contributed by atoms with Gasteiger partial charge in [0.2, 0.25) is 0 Å². The van der Waals surface area contributed by atoms with Crippen LogP contribution >= 0.6 is 12.4 Å². The van der Waals surface area contributed by atoms with Crippen LogP contribution < -0.4 is 14.8 Å². The molecule has 0 amide bonds. The number of rotatable bonds is 3. The second kappa shape index (κ2) is 6.61. The SMILES string of the molecule is COc1cccc(OC2CCNCC2)c1.Cl. The molecule has 1 heterocycles. The number of benzene rings is 1. The summed E-state index contributed by atoms with van der Waals surface area (Å²) in [5.74, 6) is 1.75. The Labute approximate surface area is 103 Å². The molecule has 0 saturated carbocycles. The van der Waals surface area contributed by atoms with Crippen LogP contribution in [0.25, 0.3) is 0 Å². The van der Waals surface area contributed by atoms with E-state index < -0.39 is 0 Å². The number of halogens is 1. The maximum absolute atomic E-state index is 5.88. The average Bonchev–Trinajstić information content (AvgIpc) is 2.31. The number of methoxy groups -OCH3 is 1. The summed E-state index contributed by atoms with van der Waals surface area (Å²) in [6.07, 6.45) is 2.51. The number of hydrogen-bond donors (Lipinski definition) is 1. The molecule has 90 valence electrons. The van der Waals surface area contributed by atoms with E-state index in [-0.39, 0.29) is 12.4 Å². The van der Waals surface area contributed by atoms with Gasteiger partial charge in [-0.2, -0.15) is 0 Å². The van der Waals surface area contributed by atoms with E-state index in [2.05, 4.69) is 5.32 Å². The highest BCUT2D eigenvalue weighted by molar-refractivity contribution is 5.85. The summed E-state index contributed by atoms with van der Waals surface area (Å²) in [5, 5.41) is 3.32. The molecule has 0 bridgehead atoms. The highest BCUT2D eigenvalue weighted by Crippen LogP contribution is 2.21. The number of ether oxygens (including phenoxy) is 2. The highest BCUT2D eigenvalue weighted by atomic mass is 35.5. The van der Waals surface area contributed by atoms with Gasteiger partial charge in [-0.1, -0.05) is 6.07 Å². The second-order valence-corrected chi connectivity index (χ2v) is 3.75. The van der Waals surface area contributed by atoms with Crippen LogP contribution in [0.3, 0.4) is 0 Å². The Bertz CT molecular complexity index is 314. The first kappa shape index (κ1) is 13.1. The number of nitrogens with one attached hydrogen (secondary N) is 1. The van der Waals surface area contributed by atoms with Crippen LogP contribution in [0.4, 0.5) is 0 Å². The quantitative estimate of drug-likeness (QED) is 0.883. The van der Waals surface area contributed by atoms with Crippen LogP contribution in [0.2, 0.25) is 0 Å². The molecule has 0 radical (unpaired) electrons. The zero-order valence-corrected chi connectivity index (χ0v) is 10.3. The third kappa shape index (κ3) is 3.58. The van der Waals surface area contributed by atoms with Crippen molar-refractivity contribution in [1.29, 1.82) is 0 Å². The standard InChI is InChI=1S/C12H17NO2.ClH/c1-14-11-3-2-4-12(9-11)15-10-5-7-13-8-6-10;/h2-4,9-10,13H,5-8H2,1H3;1H. The molecule has 1 aliphatic rings. The molecule has 0 unspecified atom stereocenters. The first-order valence-electron chi connectivity index (χ1n) is 5.40. The molecule has 0 aliphatic carbocycles. The summed E-state index contributed by atoms with van der Waals surface area (Å²) in [6, 6.07) is 7.79. The van der Waals surface area contributed by atoms with Gasteiger partial charge in [0, 0.05) is 6.07 Å². The lowest BCUT2D eigenvalue weighted by molar-refractivity contribution is 0.162. The zero-order valence-electron chi connectivity index (χ0n) is 9.44. The van der Waals surface area contributed by atoms with E-state index in [0.29, 0.717) is 6.10 Å². The van der Waals surface area contributed by atoms with Gasteiger partial charge in [-0.05, 0) is 38.1 Å². The summed E-state index contributed by atoms with van der Waals surface area (Å²) in [6.45, 7) is 2.10. The van der Waals surface area contributed by atoms with Crippen molar-refractivity contribution in [2.45, 2.75) is 18.9 Å². The van der Waals surface area contributed by atoms with Gasteiger partial charge in [0.15, 0.2) is 0 Å². The Balaban J connectivity index is 0.00000128. The van der Waals surface area contributed by atoms with E-state index in [1.165, 1.54) is 0 Å². The Hall–Kier alpha value is -0.930. The molecule has 1 N–H and O–H groups in total. The Morgan fingerprint density at radius 3 is 2.56 bits per heavy atom. The van der Waals surface area contributed by atoms with E-state index in [1.807, 2.05) is 24.3 Å². The molecular formula is C12H18ClNO2. The highest BCUT2D eigenvalue weighted by Gasteiger charge is 2.14. The number of piperidine rings is 1. The van der Waals surface area contributed by atoms with Crippen LogP contribution in [0.15, 0.2) is 24.3 Å². The lowest BCUT2D eigenvalue weighted by atomic mass is 10.1. The summed E-state index contributed by atoms with van der Waals surface area (Å²) in [4.78, 5) is 0. The predicted molar refractivity (Wildman–Crippen MR) is 66.8 cm³/mol. The van der Waals surface area contributed by atoms with Gasteiger partial charge in [-0.15, -0.1) is 12.4 Å². The number of hydrogen-bond acceptors (Lipinski definition) is 3. The normalized spacial score (nSPS) is 16.3. The second-order valence-electron chi connectivity index (χ2n) is 3.75. The van der Waals surface area contributed by atoms with Crippen molar-refractivity contribution in [2.75, 3.05) is 20.2 Å². The van der Waals surface area contributed by atoms with Gasteiger partial charge in [0.25, 0.3) is 0 Å². The first-order chi connectivity index (χ1) is 7.38. The Kier molecular flexibility index (Phi) is 5.43. The molecule has 1 aromatic rings. The fourth-order valence-corrected chi connectivity index (χ4v) is 1.78. The van der Waals surface area contributed by atoms with Crippen molar-refractivity contribution < 1.29 is 9.47 Å². The van der Waals surface area contributed by atoms with Gasteiger partial charge in [-0.25, -0.2) is 0 Å². The molecule has 1 fully saturated rings. The minimum Gasteiger partial charge on any atom is -0.497 e. The Morgan fingerprint density at radius 1 is 1.19 bits per heavy atom. The minimum atomic E-state index is 0. The van der Waals surface area contributed by atoms with Crippen LogP contribution in [-0.4, -0.2) is 26.3 Å². The molecule has 4 heteroatoms. The summed E-state index contributed by atoms with van der Waals surface area (Å²) >= 11 is 0. The smallest absolute Gasteiger partial charge is 0.123 e. The molecule has 1 saturated heterocycles. The van der Waals surface area contributed by atoms with E-state index in [1.54, 1.807) is 7.11 Å². The monoisotopic (exact) mass is 243 g/mol. The predicted octanol–water partition coefficient (Wildman–Crippen LogP) is 2.25. The summed E-state index contributed by atoms with van der Waals surface area (Å²) in [7, 11) is 1.67. The van der Waals surface area contributed by atoms with E-state index >= 15 is 0 Å². The van der Waals surface area contributed by atoms with Crippen LogP contribution in [0, 0.1) is 0 Å². The molecule has 2 rings (SSSR count). The van der Waals surface area contributed by atoms with Gasteiger partial charge in [0.1, 0.15) is 17.6 Å². The van der Waals surface area contributed by atoms with Crippen LogP contribution in [-0.2, 0) is 0 Å². The zero-order chi connectivity index (χ0) is 10.5. The maximum Gasteiger partial charge on any atom is 0.123 e. The molecule has 1 aromatic carbocycles. The Morgan fingerprint density at radius 2 is 1.88 bits per heavy atom. The van der Waals surface area contributed by atoms with Crippen molar-refractivity contribution in [3.05, 3.63) is 24.3 Å². The summed E-state index contributed by atoms with van der Waals surface area (Å²) in [5.41, 5.74) is 0. The molecule has 3 nitrogen and oxygen atoms in total. The van der Waals surface area contributed by atoms with Crippen molar-refractivity contribution in [1.82, 2.24) is 5.32 Å². The lowest BCUT2D eigenvalue weighted by Gasteiger charge is -2.23. The fourth-order valence-electron chi connectivity index (χ4n) is 1.78. The van der Waals surface area contributed by atoms with Crippen molar-refractivity contribution >= 4 is 12.4 Å².